The topological polar surface area (TPSA) is 50.1 Å². The molecular weight excluding hydrogens is 277 g/mol. The molecule has 0 aliphatic carbocycles. The average Bonchev–Trinajstić information content (AvgIpc) is 2.48. The van der Waals surface area contributed by atoms with Gasteiger partial charge in [-0.3, -0.25) is 4.21 Å². The molecule has 0 radical (unpaired) electrons. The number of rotatable bonds is 5. The van der Waals surface area contributed by atoms with E-state index in [4.69, 9.17) is 10.00 Å². The predicted octanol–water partition coefficient (Wildman–Crippen LogP) is 2.88. The molecule has 0 aliphatic heterocycles. The zero-order chi connectivity index (χ0) is 14.4. The highest BCUT2D eigenvalue weighted by Gasteiger charge is 2.05. The Bertz CT molecular complexity index is 650. The highest BCUT2D eigenvalue weighted by Crippen LogP contribution is 2.13. The van der Waals surface area contributed by atoms with Gasteiger partial charge >= 0.3 is 0 Å². The van der Waals surface area contributed by atoms with E-state index in [9.17, 15) is 8.60 Å². The lowest BCUT2D eigenvalue weighted by atomic mass is 10.2. The molecule has 3 nitrogen and oxygen atoms in total. The van der Waals surface area contributed by atoms with E-state index in [2.05, 4.69) is 0 Å². The molecule has 0 aromatic heterocycles. The molecule has 5 heteroatoms. The third-order valence-electron chi connectivity index (χ3n) is 2.58. The number of benzene rings is 2. The third-order valence-corrected chi connectivity index (χ3v) is 3.90. The van der Waals surface area contributed by atoms with Gasteiger partial charge in [-0.15, -0.1) is 0 Å². The zero-order valence-corrected chi connectivity index (χ0v) is 11.4. The summed E-state index contributed by atoms with van der Waals surface area (Å²) in [5, 5.41) is 8.66. The molecule has 0 fully saturated rings. The summed E-state index contributed by atoms with van der Waals surface area (Å²) in [5.41, 5.74) is 0.556. The monoisotopic (exact) mass is 289 g/mol. The maximum absolute atomic E-state index is 13.0. The minimum Gasteiger partial charge on any atom is -0.493 e. The van der Waals surface area contributed by atoms with Crippen molar-refractivity contribution in [3.05, 3.63) is 59.9 Å². The van der Waals surface area contributed by atoms with Gasteiger partial charge in [-0.1, -0.05) is 6.07 Å². The van der Waals surface area contributed by atoms with Crippen molar-refractivity contribution < 1.29 is 13.3 Å². The first-order valence-corrected chi connectivity index (χ1v) is 7.28. The van der Waals surface area contributed by atoms with Crippen LogP contribution in [0.4, 0.5) is 4.39 Å². The number of hydrogen-bond donors (Lipinski definition) is 0. The van der Waals surface area contributed by atoms with E-state index < -0.39 is 16.6 Å². The molecule has 1 atom stereocenters. The zero-order valence-electron chi connectivity index (χ0n) is 10.6. The average molecular weight is 289 g/mol. The van der Waals surface area contributed by atoms with E-state index in [0.717, 1.165) is 0 Å². The predicted molar refractivity (Wildman–Crippen MR) is 74.3 cm³/mol. The molecular formula is C15H12FNO2S. The molecule has 0 heterocycles. The van der Waals surface area contributed by atoms with E-state index in [0.29, 0.717) is 16.2 Å². The second-order valence-electron chi connectivity index (χ2n) is 3.99. The summed E-state index contributed by atoms with van der Waals surface area (Å²) in [7, 11) is -1.29. The van der Waals surface area contributed by atoms with Crippen molar-refractivity contribution in [2.24, 2.45) is 0 Å². The molecule has 2 aromatic carbocycles. The number of hydrogen-bond acceptors (Lipinski definition) is 3. The van der Waals surface area contributed by atoms with Crippen LogP contribution in [-0.4, -0.2) is 16.6 Å². The Morgan fingerprint density at radius 1 is 1.20 bits per heavy atom. The molecule has 0 amide bonds. The van der Waals surface area contributed by atoms with Gasteiger partial charge in [0.05, 0.1) is 28.2 Å². The van der Waals surface area contributed by atoms with Gasteiger partial charge < -0.3 is 4.74 Å². The Labute approximate surface area is 119 Å². The minimum atomic E-state index is -1.29. The van der Waals surface area contributed by atoms with Gasteiger partial charge in [0.15, 0.2) is 0 Å². The SMILES string of the molecule is N#Cc1ccc(OCCS(=O)c2cccc(F)c2)cc1. The minimum absolute atomic E-state index is 0.259. The van der Waals surface area contributed by atoms with Crippen molar-refractivity contribution in [2.75, 3.05) is 12.4 Å². The first kappa shape index (κ1) is 14.2. The Hall–Kier alpha value is -2.19. The van der Waals surface area contributed by atoms with Crippen molar-refractivity contribution in [3.63, 3.8) is 0 Å². The molecule has 102 valence electrons. The largest absolute Gasteiger partial charge is 0.493 e. The maximum Gasteiger partial charge on any atom is 0.124 e. The highest BCUT2D eigenvalue weighted by molar-refractivity contribution is 7.85. The van der Waals surface area contributed by atoms with Gasteiger partial charge in [0.1, 0.15) is 18.2 Å². The van der Waals surface area contributed by atoms with Crippen LogP contribution in [0.2, 0.25) is 0 Å². The summed E-state index contributed by atoms with van der Waals surface area (Å²) < 4.78 is 30.3. The van der Waals surface area contributed by atoms with Crippen LogP contribution < -0.4 is 4.74 Å². The van der Waals surface area contributed by atoms with Crippen LogP contribution in [0.5, 0.6) is 5.75 Å². The molecule has 1 unspecified atom stereocenters. The van der Waals surface area contributed by atoms with Crippen LogP contribution in [0.1, 0.15) is 5.56 Å². The number of nitrogens with zero attached hydrogens (tertiary/aromatic N) is 1. The quantitative estimate of drug-likeness (QED) is 0.850. The van der Waals surface area contributed by atoms with Crippen LogP contribution in [0, 0.1) is 17.1 Å². The lowest BCUT2D eigenvalue weighted by Crippen LogP contribution is -2.08. The van der Waals surface area contributed by atoms with Crippen LogP contribution in [0.3, 0.4) is 0 Å². The molecule has 2 aromatic rings. The Morgan fingerprint density at radius 3 is 2.60 bits per heavy atom. The first-order chi connectivity index (χ1) is 9.69. The number of nitriles is 1. The molecule has 0 spiro atoms. The van der Waals surface area contributed by atoms with Crippen molar-refractivity contribution >= 4 is 10.8 Å². The van der Waals surface area contributed by atoms with Crippen LogP contribution in [-0.2, 0) is 10.8 Å². The highest BCUT2D eigenvalue weighted by atomic mass is 32.2. The Kier molecular flexibility index (Phi) is 4.85. The fraction of sp³-hybridized carbons (Fsp3) is 0.133. The lowest BCUT2D eigenvalue weighted by molar-refractivity contribution is 0.342. The van der Waals surface area contributed by atoms with Gasteiger partial charge in [0.25, 0.3) is 0 Å². The number of halogens is 1. The Morgan fingerprint density at radius 2 is 1.95 bits per heavy atom. The molecule has 0 saturated carbocycles. The fourth-order valence-electron chi connectivity index (χ4n) is 1.59. The normalized spacial score (nSPS) is 11.6. The summed E-state index contributed by atoms with van der Waals surface area (Å²) in [5.74, 6) is 0.493. The van der Waals surface area contributed by atoms with Crippen LogP contribution in [0.25, 0.3) is 0 Å². The third kappa shape index (κ3) is 3.90. The van der Waals surface area contributed by atoms with Gasteiger partial charge in [0, 0.05) is 4.90 Å². The molecule has 0 N–H and O–H groups in total. The summed E-state index contributed by atoms with van der Waals surface area (Å²) in [6.45, 7) is 0.259. The van der Waals surface area contributed by atoms with E-state index >= 15 is 0 Å². The molecule has 0 bridgehead atoms. The molecule has 2 rings (SSSR count). The van der Waals surface area contributed by atoms with E-state index in [1.165, 1.54) is 18.2 Å². The molecule has 0 saturated heterocycles. The standard InChI is InChI=1S/C15H12FNO2S/c16-13-2-1-3-15(10-13)20(18)9-8-19-14-6-4-12(11-17)5-7-14/h1-7,10H,8-9H2. The summed E-state index contributed by atoms with van der Waals surface area (Å²) in [6.07, 6.45) is 0. The lowest BCUT2D eigenvalue weighted by Gasteiger charge is -2.06. The molecule has 20 heavy (non-hydrogen) atoms. The van der Waals surface area contributed by atoms with E-state index in [1.807, 2.05) is 6.07 Å². The summed E-state index contributed by atoms with van der Waals surface area (Å²) in [4.78, 5) is 0.452. The molecule has 0 aliphatic rings. The van der Waals surface area contributed by atoms with E-state index in [1.54, 1.807) is 30.3 Å². The van der Waals surface area contributed by atoms with Crippen molar-refractivity contribution in [1.29, 1.82) is 5.26 Å². The van der Waals surface area contributed by atoms with E-state index in [-0.39, 0.29) is 12.4 Å². The first-order valence-electron chi connectivity index (χ1n) is 5.96. The fourth-order valence-corrected chi connectivity index (χ4v) is 2.53. The van der Waals surface area contributed by atoms with Crippen molar-refractivity contribution in [1.82, 2.24) is 0 Å². The van der Waals surface area contributed by atoms with Crippen LogP contribution in [0.15, 0.2) is 53.4 Å². The summed E-state index contributed by atoms with van der Waals surface area (Å²) >= 11 is 0. The second kappa shape index (κ2) is 6.83. The van der Waals surface area contributed by atoms with Crippen LogP contribution >= 0.6 is 0 Å². The van der Waals surface area contributed by atoms with Gasteiger partial charge in [-0.2, -0.15) is 5.26 Å². The maximum atomic E-state index is 13.0. The second-order valence-corrected chi connectivity index (χ2v) is 5.56. The summed E-state index contributed by atoms with van der Waals surface area (Å²) in [6, 6.07) is 14.4. The Balaban J connectivity index is 1.86. The van der Waals surface area contributed by atoms with Crippen molar-refractivity contribution in [3.8, 4) is 11.8 Å². The smallest absolute Gasteiger partial charge is 0.124 e. The number of ether oxygens (including phenoxy) is 1. The van der Waals surface area contributed by atoms with Gasteiger partial charge in [0.2, 0.25) is 0 Å². The van der Waals surface area contributed by atoms with Gasteiger partial charge in [-0.05, 0) is 42.5 Å². The van der Waals surface area contributed by atoms with Crippen molar-refractivity contribution in [2.45, 2.75) is 4.90 Å². The van der Waals surface area contributed by atoms with Gasteiger partial charge in [-0.25, -0.2) is 4.39 Å².